The molecule has 0 saturated heterocycles. The van der Waals surface area contributed by atoms with Crippen LogP contribution in [0.3, 0.4) is 0 Å². The molecule has 1 aromatic carbocycles. The number of rotatable bonds is 5. The molecule has 1 heterocycles. The van der Waals surface area contributed by atoms with Gasteiger partial charge in [-0.25, -0.2) is 13.8 Å². The smallest absolute Gasteiger partial charge is 0.212 e. The van der Waals surface area contributed by atoms with Gasteiger partial charge in [0.1, 0.15) is 17.4 Å². The van der Waals surface area contributed by atoms with Crippen LogP contribution >= 0.6 is 0 Å². The molecule has 0 aliphatic heterocycles. The van der Waals surface area contributed by atoms with E-state index in [1.54, 1.807) is 18.3 Å². The van der Waals surface area contributed by atoms with E-state index in [9.17, 15) is 13.6 Å². The zero-order valence-corrected chi connectivity index (χ0v) is 10.9. The molecule has 2 aromatic rings. The Morgan fingerprint density at radius 1 is 1.10 bits per heavy atom. The average molecular weight is 277 g/mol. The van der Waals surface area contributed by atoms with E-state index in [1.165, 1.54) is 7.11 Å². The molecule has 0 aliphatic carbocycles. The van der Waals surface area contributed by atoms with Crippen molar-refractivity contribution in [2.75, 3.05) is 7.11 Å². The summed E-state index contributed by atoms with van der Waals surface area (Å²) in [4.78, 5) is 15.8. The monoisotopic (exact) mass is 277 g/mol. The third-order valence-electron chi connectivity index (χ3n) is 2.73. The van der Waals surface area contributed by atoms with Crippen LogP contribution in [0.15, 0.2) is 36.5 Å². The fourth-order valence-electron chi connectivity index (χ4n) is 1.87. The lowest BCUT2D eigenvalue weighted by Crippen LogP contribution is -2.07. The average Bonchev–Trinajstić information content (AvgIpc) is 2.38. The quantitative estimate of drug-likeness (QED) is 0.843. The van der Waals surface area contributed by atoms with Crippen molar-refractivity contribution < 1.29 is 18.3 Å². The molecule has 0 radical (unpaired) electrons. The fourth-order valence-corrected chi connectivity index (χ4v) is 1.87. The van der Waals surface area contributed by atoms with Gasteiger partial charge in [-0.1, -0.05) is 6.07 Å². The van der Waals surface area contributed by atoms with Crippen LogP contribution in [0.4, 0.5) is 8.78 Å². The number of ether oxygens (including phenoxy) is 1. The van der Waals surface area contributed by atoms with Gasteiger partial charge in [0.15, 0.2) is 0 Å². The number of methoxy groups -OCH3 is 1. The molecule has 0 aliphatic rings. The van der Waals surface area contributed by atoms with Gasteiger partial charge >= 0.3 is 0 Å². The number of carbonyl (C=O) groups excluding carboxylic acids is 1. The summed E-state index contributed by atoms with van der Waals surface area (Å²) in [5, 5.41) is 0. The molecule has 0 amide bonds. The summed E-state index contributed by atoms with van der Waals surface area (Å²) in [7, 11) is 1.51. The van der Waals surface area contributed by atoms with E-state index in [4.69, 9.17) is 4.74 Å². The predicted molar refractivity (Wildman–Crippen MR) is 69.6 cm³/mol. The van der Waals surface area contributed by atoms with Gasteiger partial charge < -0.3 is 4.74 Å². The SMILES string of the molecule is COc1ccc(CC(=O)Cc2cc(F)cc(F)c2)cn1. The second kappa shape index (κ2) is 6.23. The second-order valence-corrected chi connectivity index (χ2v) is 4.38. The molecule has 1 aromatic heterocycles. The molecule has 104 valence electrons. The van der Waals surface area contributed by atoms with Crippen LogP contribution in [0.5, 0.6) is 5.88 Å². The van der Waals surface area contributed by atoms with Crippen LogP contribution in [0, 0.1) is 11.6 Å². The molecular weight excluding hydrogens is 264 g/mol. The number of Topliss-reactive ketones (excluding diaryl/α,β-unsaturated/α-hetero) is 1. The number of ketones is 1. The highest BCUT2D eigenvalue weighted by Gasteiger charge is 2.08. The number of benzene rings is 1. The molecule has 5 heteroatoms. The number of hydrogen-bond donors (Lipinski definition) is 0. The maximum absolute atomic E-state index is 13.0. The lowest BCUT2D eigenvalue weighted by molar-refractivity contribution is -0.117. The highest BCUT2D eigenvalue weighted by atomic mass is 19.1. The van der Waals surface area contributed by atoms with Crippen molar-refractivity contribution in [1.29, 1.82) is 0 Å². The van der Waals surface area contributed by atoms with E-state index < -0.39 is 11.6 Å². The number of carbonyl (C=O) groups is 1. The molecule has 0 N–H and O–H groups in total. The minimum atomic E-state index is -0.682. The summed E-state index contributed by atoms with van der Waals surface area (Å²) in [6.45, 7) is 0. The molecule has 20 heavy (non-hydrogen) atoms. The van der Waals surface area contributed by atoms with E-state index in [2.05, 4.69) is 4.98 Å². The predicted octanol–water partition coefficient (Wildman–Crippen LogP) is 2.72. The number of pyridine rings is 1. The summed E-state index contributed by atoms with van der Waals surface area (Å²) in [6.07, 6.45) is 1.69. The van der Waals surface area contributed by atoms with Gasteiger partial charge in [-0.2, -0.15) is 0 Å². The third-order valence-corrected chi connectivity index (χ3v) is 2.73. The van der Waals surface area contributed by atoms with Crippen molar-refractivity contribution in [3.05, 3.63) is 59.3 Å². The Morgan fingerprint density at radius 3 is 2.30 bits per heavy atom. The number of hydrogen-bond acceptors (Lipinski definition) is 3. The number of aromatic nitrogens is 1. The highest BCUT2D eigenvalue weighted by molar-refractivity contribution is 5.83. The van der Waals surface area contributed by atoms with Gasteiger partial charge in [0.05, 0.1) is 7.11 Å². The van der Waals surface area contributed by atoms with E-state index in [1.807, 2.05) is 0 Å². The van der Waals surface area contributed by atoms with Gasteiger partial charge in [-0.3, -0.25) is 4.79 Å². The lowest BCUT2D eigenvalue weighted by atomic mass is 10.0. The molecule has 0 fully saturated rings. The van der Waals surface area contributed by atoms with Crippen LogP contribution < -0.4 is 4.74 Å². The first-order valence-corrected chi connectivity index (χ1v) is 6.02. The van der Waals surface area contributed by atoms with Crippen molar-refractivity contribution in [2.24, 2.45) is 0 Å². The Bertz CT molecular complexity index is 592. The third kappa shape index (κ3) is 3.85. The highest BCUT2D eigenvalue weighted by Crippen LogP contribution is 2.11. The summed E-state index contributed by atoms with van der Waals surface area (Å²) >= 11 is 0. The Hall–Kier alpha value is -2.30. The van der Waals surface area contributed by atoms with E-state index in [0.717, 1.165) is 23.8 Å². The van der Waals surface area contributed by atoms with Crippen LogP contribution in [0.25, 0.3) is 0 Å². The van der Waals surface area contributed by atoms with E-state index in [0.29, 0.717) is 11.4 Å². The van der Waals surface area contributed by atoms with Gasteiger partial charge in [0.2, 0.25) is 5.88 Å². The summed E-state index contributed by atoms with van der Waals surface area (Å²) in [5.41, 5.74) is 1.06. The fraction of sp³-hybridized carbons (Fsp3) is 0.200. The first kappa shape index (κ1) is 14.1. The van der Waals surface area contributed by atoms with E-state index in [-0.39, 0.29) is 18.6 Å². The number of halogens is 2. The van der Waals surface area contributed by atoms with Crippen molar-refractivity contribution >= 4 is 5.78 Å². The van der Waals surface area contributed by atoms with Crippen LogP contribution in [-0.2, 0) is 17.6 Å². The Kier molecular flexibility index (Phi) is 4.40. The van der Waals surface area contributed by atoms with E-state index >= 15 is 0 Å². The summed E-state index contributed by atoms with van der Waals surface area (Å²) < 4.78 is 30.9. The summed E-state index contributed by atoms with van der Waals surface area (Å²) in [6, 6.07) is 6.49. The van der Waals surface area contributed by atoms with Gasteiger partial charge in [-0.05, 0) is 23.3 Å². The first-order chi connectivity index (χ1) is 9.56. The van der Waals surface area contributed by atoms with Crippen molar-refractivity contribution in [2.45, 2.75) is 12.8 Å². The molecule has 0 unspecified atom stereocenters. The lowest BCUT2D eigenvalue weighted by Gasteiger charge is -2.03. The van der Waals surface area contributed by atoms with Crippen LogP contribution in [-0.4, -0.2) is 17.9 Å². The van der Waals surface area contributed by atoms with Crippen LogP contribution in [0.1, 0.15) is 11.1 Å². The largest absolute Gasteiger partial charge is 0.481 e. The standard InChI is InChI=1S/C15H13F2NO2/c1-20-15-3-2-10(9-18-15)6-14(19)7-11-4-12(16)8-13(17)5-11/h2-5,8-9H,6-7H2,1H3. The van der Waals surface area contributed by atoms with Crippen molar-refractivity contribution in [3.63, 3.8) is 0 Å². The Morgan fingerprint density at radius 2 is 1.75 bits per heavy atom. The minimum absolute atomic E-state index is 0.0132. The molecule has 3 nitrogen and oxygen atoms in total. The molecule has 0 bridgehead atoms. The molecule has 2 rings (SSSR count). The zero-order chi connectivity index (χ0) is 14.5. The maximum atomic E-state index is 13.0. The normalized spacial score (nSPS) is 10.3. The topological polar surface area (TPSA) is 39.2 Å². The second-order valence-electron chi connectivity index (χ2n) is 4.38. The van der Waals surface area contributed by atoms with Gasteiger partial charge in [-0.15, -0.1) is 0 Å². The maximum Gasteiger partial charge on any atom is 0.212 e. The van der Waals surface area contributed by atoms with Gasteiger partial charge in [0, 0.05) is 31.2 Å². The molecule has 0 spiro atoms. The molecular formula is C15H13F2NO2. The Labute approximate surface area is 115 Å². The summed E-state index contributed by atoms with van der Waals surface area (Å²) in [5.74, 6) is -1.03. The molecule has 0 saturated carbocycles. The van der Waals surface area contributed by atoms with Crippen molar-refractivity contribution in [1.82, 2.24) is 4.98 Å². The zero-order valence-electron chi connectivity index (χ0n) is 10.9. The van der Waals surface area contributed by atoms with Gasteiger partial charge in [0.25, 0.3) is 0 Å². The Balaban J connectivity index is 2.01. The van der Waals surface area contributed by atoms with Crippen LogP contribution in [0.2, 0.25) is 0 Å². The number of nitrogens with zero attached hydrogens (tertiary/aromatic N) is 1. The molecule has 0 atom stereocenters. The minimum Gasteiger partial charge on any atom is -0.481 e. The van der Waals surface area contributed by atoms with Crippen molar-refractivity contribution in [3.8, 4) is 5.88 Å². The first-order valence-electron chi connectivity index (χ1n) is 6.02.